The maximum absolute atomic E-state index is 11.6. The van der Waals surface area contributed by atoms with Crippen LogP contribution in [-0.2, 0) is 0 Å². The Morgan fingerprint density at radius 1 is 1.54 bits per heavy atom. The molecule has 1 nitrogen and oxygen atoms in total. The van der Waals surface area contributed by atoms with Crippen LogP contribution in [0, 0.1) is 5.92 Å². The number of carbonyl (C=O) groups is 1. The highest BCUT2D eigenvalue weighted by molar-refractivity contribution is 9.13. The van der Waals surface area contributed by atoms with Gasteiger partial charge in [-0.25, -0.2) is 0 Å². The fourth-order valence-corrected chi connectivity index (χ4v) is 2.94. The molecule has 1 aromatic heterocycles. The van der Waals surface area contributed by atoms with Crippen LogP contribution in [0.1, 0.15) is 29.9 Å². The maximum Gasteiger partial charge on any atom is 0.173 e. The third-order valence-electron chi connectivity index (χ3n) is 1.51. The van der Waals surface area contributed by atoms with Crippen LogP contribution in [0.15, 0.2) is 14.3 Å². The summed E-state index contributed by atoms with van der Waals surface area (Å²) >= 11 is 8.22. The first-order valence-electron chi connectivity index (χ1n) is 3.98. The van der Waals surface area contributed by atoms with E-state index in [1.807, 2.05) is 6.07 Å². The van der Waals surface area contributed by atoms with E-state index in [2.05, 4.69) is 45.7 Å². The summed E-state index contributed by atoms with van der Waals surface area (Å²) in [6.45, 7) is 4.10. The Morgan fingerprint density at radius 3 is 2.54 bits per heavy atom. The number of hydrogen-bond donors (Lipinski definition) is 0. The quantitative estimate of drug-likeness (QED) is 0.748. The van der Waals surface area contributed by atoms with E-state index in [9.17, 15) is 4.79 Å². The van der Waals surface area contributed by atoms with E-state index >= 15 is 0 Å². The van der Waals surface area contributed by atoms with Crippen LogP contribution in [0.5, 0.6) is 0 Å². The molecule has 1 heterocycles. The lowest BCUT2D eigenvalue weighted by atomic mass is 10.1. The third kappa shape index (κ3) is 3.18. The summed E-state index contributed by atoms with van der Waals surface area (Å²) in [5.41, 5.74) is 0. The summed E-state index contributed by atoms with van der Waals surface area (Å²) in [7, 11) is 0. The van der Waals surface area contributed by atoms with E-state index < -0.39 is 0 Å². The van der Waals surface area contributed by atoms with Crippen molar-refractivity contribution in [2.75, 3.05) is 0 Å². The van der Waals surface area contributed by atoms with Crippen LogP contribution in [0.4, 0.5) is 0 Å². The lowest BCUT2D eigenvalue weighted by molar-refractivity contribution is 0.0972. The third-order valence-corrected chi connectivity index (χ3v) is 4.81. The van der Waals surface area contributed by atoms with Gasteiger partial charge in [-0.15, -0.1) is 11.3 Å². The molecule has 0 fully saturated rings. The Balaban J connectivity index is 2.77. The Bertz CT molecular complexity index is 298. The Morgan fingerprint density at radius 2 is 2.15 bits per heavy atom. The van der Waals surface area contributed by atoms with Gasteiger partial charge in [-0.2, -0.15) is 0 Å². The van der Waals surface area contributed by atoms with Gasteiger partial charge in [0.2, 0.25) is 0 Å². The predicted octanol–water partition coefficient (Wildman–Crippen LogP) is 4.50. The maximum atomic E-state index is 11.6. The minimum Gasteiger partial charge on any atom is -0.293 e. The Labute approximate surface area is 98.8 Å². The van der Waals surface area contributed by atoms with Gasteiger partial charge in [-0.05, 0) is 43.8 Å². The molecule has 0 saturated heterocycles. The smallest absolute Gasteiger partial charge is 0.173 e. The minimum absolute atomic E-state index is 0.228. The summed E-state index contributed by atoms with van der Waals surface area (Å²) in [6, 6.07) is 1.87. The largest absolute Gasteiger partial charge is 0.293 e. The molecule has 0 spiro atoms. The molecule has 0 aliphatic rings. The SMILES string of the molecule is CC(C)CC(=O)c1cc(Br)c(Br)s1. The molecule has 0 unspecified atom stereocenters. The molecule has 1 rings (SSSR count). The molecule has 0 aromatic carbocycles. The van der Waals surface area contributed by atoms with Gasteiger partial charge in [0, 0.05) is 10.9 Å². The normalized spacial score (nSPS) is 10.8. The molecule has 0 radical (unpaired) electrons. The van der Waals surface area contributed by atoms with Crippen molar-refractivity contribution in [3.63, 3.8) is 0 Å². The molecule has 0 N–H and O–H groups in total. The topological polar surface area (TPSA) is 17.1 Å². The lowest BCUT2D eigenvalue weighted by Gasteiger charge is -2.00. The van der Waals surface area contributed by atoms with Gasteiger partial charge in [-0.1, -0.05) is 13.8 Å². The van der Waals surface area contributed by atoms with Gasteiger partial charge < -0.3 is 0 Å². The highest BCUT2D eigenvalue weighted by Crippen LogP contribution is 2.33. The van der Waals surface area contributed by atoms with E-state index in [4.69, 9.17) is 0 Å². The average molecular weight is 326 g/mol. The lowest BCUT2D eigenvalue weighted by Crippen LogP contribution is -2.00. The van der Waals surface area contributed by atoms with Crippen molar-refractivity contribution in [2.24, 2.45) is 5.92 Å². The van der Waals surface area contributed by atoms with E-state index in [0.29, 0.717) is 12.3 Å². The number of halogens is 2. The Kier molecular flexibility index (Phi) is 4.13. The van der Waals surface area contributed by atoms with Crippen molar-refractivity contribution >= 4 is 49.0 Å². The molecular weight excluding hydrogens is 316 g/mol. The van der Waals surface area contributed by atoms with Gasteiger partial charge in [0.1, 0.15) is 0 Å². The zero-order valence-corrected chi connectivity index (χ0v) is 11.4. The van der Waals surface area contributed by atoms with Crippen LogP contribution < -0.4 is 0 Å². The van der Waals surface area contributed by atoms with Crippen LogP contribution in [-0.4, -0.2) is 5.78 Å². The summed E-state index contributed by atoms with van der Waals surface area (Å²) in [5, 5.41) is 0. The van der Waals surface area contributed by atoms with Crippen LogP contribution in [0.2, 0.25) is 0 Å². The number of rotatable bonds is 3. The first-order valence-corrected chi connectivity index (χ1v) is 6.39. The number of carbonyl (C=O) groups excluding carboxylic acids is 1. The highest BCUT2D eigenvalue weighted by Gasteiger charge is 2.12. The summed E-state index contributed by atoms with van der Waals surface area (Å²) in [4.78, 5) is 12.4. The molecule has 1 aromatic rings. The molecule has 4 heteroatoms. The Hall–Kier alpha value is 0.330. The highest BCUT2D eigenvalue weighted by atomic mass is 79.9. The van der Waals surface area contributed by atoms with Crippen molar-refractivity contribution in [2.45, 2.75) is 20.3 Å². The van der Waals surface area contributed by atoms with E-state index in [1.54, 1.807) is 0 Å². The molecule has 72 valence electrons. The van der Waals surface area contributed by atoms with Crippen molar-refractivity contribution in [3.05, 3.63) is 19.2 Å². The number of ketones is 1. The molecule has 0 atom stereocenters. The molecule has 0 saturated carbocycles. The number of thiophene rings is 1. The van der Waals surface area contributed by atoms with Crippen molar-refractivity contribution in [3.8, 4) is 0 Å². The standard InChI is InChI=1S/C9H10Br2OS/c1-5(2)3-7(12)8-4-6(10)9(11)13-8/h4-5H,3H2,1-2H3. The zero-order valence-electron chi connectivity index (χ0n) is 7.43. The number of Topliss-reactive ketones (excluding diaryl/α,β-unsaturated/α-hetero) is 1. The first-order chi connectivity index (χ1) is 6.00. The summed E-state index contributed by atoms with van der Waals surface area (Å²) < 4.78 is 1.95. The first kappa shape index (κ1) is 11.4. The monoisotopic (exact) mass is 324 g/mol. The zero-order chi connectivity index (χ0) is 10.0. The van der Waals surface area contributed by atoms with Gasteiger partial charge >= 0.3 is 0 Å². The van der Waals surface area contributed by atoms with Crippen molar-refractivity contribution < 1.29 is 4.79 Å². The second kappa shape index (κ2) is 4.71. The molecule has 0 amide bonds. The fourth-order valence-electron chi connectivity index (χ4n) is 0.955. The van der Waals surface area contributed by atoms with Gasteiger partial charge in [0.05, 0.1) is 8.66 Å². The second-order valence-electron chi connectivity index (χ2n) is 3.25. The fraction of sp³-hybridized carbons (Fsp3) is 0.444. The molecular formula is C9H10Br2OS. The summed E-state index contributed by atoms with van der Waals surface area (Å²) in [5.74, 6) is 0.651. The molecule has 0 aliphatic carbocycles. The van der Waals surface area contributed by atoms with Crippen LogP contribution in [0.3, 0.4) is 0 Å². The number of hydrogen-bond acceptors (Lipinski definition) is 2. The van der Waals surface area contributed by atoms with Crippen LogP contribution >= 0.6 is 43.2 Å². The minimum atomic E-state index is 0.228. The molecule has 13 heavy (non-hydrogen) atoms. The van der Waals surface area contributed by atoms with Gasteiger partial charge in [-0.3, -0.25) is 4.79 Å². The second-order valence-corrected chi connectivity index (χ2v) is 6.48. The van der Waals surface area contributed by atoms with E-state index in [-0.39, 0.29) is 5.78 Å². The molecule has 0 aliphatic heterocycles. The van der Waals surface area contributed by atoms with E-state index in [0.717, 1.165) is 13.1 Å². The van der Waals surface area contributed by atoms with Gasteiger partial charge in [0.15, 0.2) is 5.78 Å². The van der Waals surface area contributed by atoms with Gasteiger partial charge in [0.25, 0.3) is 0 Å². The predicted molar refractivity (Wildman–Crippen MR) is 63.5 cm³/mol. The van der Waals surface area contributed by atoms with Crippen LogP contribution in [0.25, 0.3) is 0 Å². The van der Waals surface area contributed by atoms with E-state index in [1.165, 1.54) is 11.3 Å². The molecule has 0 bridgehead atoms. The van der Waals surface area contributed by atoms with Crippen molar-refractivity contribution in [1.29, 1.82) is 0 Å². The summed E-state index contributed by atoms with van der Waals surface area (Å²) in [6.07, 6.45) is 0.624. The average Bonchev–Trinajstić information content (AvgIpc) is 2.31. The van der Waals surface area contributed by atoms with Crippen molar-refractivity contribution in [1.82, 2.24) is 0 Å².